The first-order chi connectivity index (χ1) is 14.2. The number of benzene rings is 3. The van der Waals surface area contributed by atoms with Crippen molar-refractivity contribution >= 4 is 32.4 Å². The predicted octanol–water partition coefficient (Wildman–Crippen LogP) is 4.30. The van der Waals surface area contributed by atoms with E-state index in [1.807, 2.05) is 36.4 Å². The predicted molar refractivity (Wildman–Crippen MR) is 107 cm³/mol. The van der Waals surface area contributed by atoms with Gasteiger partial charge in [0.1, 0.15) is 0 Å². The van der Waals surface area contributed by atoms with Crippen LogP contribution in [0.4, 0.5) is 18.9 Å². The summed E-state index contributed by atoms with van der Waals surface area (Å²) in [5, 5.41) is 1.87. The lowest BCUT2D eigenvalue weighted by atomic mass is 9.93. The monoisotopic (exact) mass is 434 g/mol. The number of amides is 1. The van der Waals surface area contributed by atoms with Gasteiger partial charge >= 0.3 is 15.5 Å². The molecule has 1 amide bonds. The molecule has 0 saturated carbocycles. The number of halogens is 3. The molecule has 1 aliphatic heterocycles. The standard InChI is InChI=1S/C21H17F3N2O3S/c22-21(23,24)30(28,29)25-17-9-5-14(6-10-17)13-26-12-11-16-8-7-15-3-1-2-4-18(15)19(16)20(26)27/h1-10,25H,11-13H2. The molecule has 1 N–H and O–H groups in total. The quantitative estimate of drug-likeness (QED) is 0.666. The van der Waals surface area contributed by atoms with Crippen molar-refractivity contribution in [2.24, 2.45) is 0 Å². The van der Waals surface area contributed by atoms with E-state index < -0.39 is 15.5 Å². The number of rotatable bonds is 4. The molecule has 0 radical (unpaired) electrons. The Morgan fingerprint density at radius 3 is 2.37 bits per heavy atom. The van der Waals surface area contributed by atoms with Gasteiger partial charge < -0.3 is 4.90 Å². The minimum atomic E-state index is -5.47. The van der Waals surface area contributed by atoms with E-state index in [4.69, 9.17) is 0 Å². The Labute approximate surface area is 171 Å². The molecule has 0 saturated heterocycles. The highest BCUT2D eigenvalue weighted by molar-refractivity contribution is 7.93. The van der Waals surface area contributed by atoms with Crippen LogP contribution in [0.1, 0.15) is 21.5 Å². The van der Waals surface area contributed by atoms with Gasteiger partial charge in [-0.15, -0.1) is 0 Å². The van der Waals surface area contributed by atoms with Crippen LogP contribution in [0.25, 0.3) is 10.8 Å². The van der Waals surface area contributed by atoms with Gasteiger partial charge in [-0.05, 0) is 40.5 Å². The number of sulfonamides is 1. The molecular weight excluding hydrogens is 417 g/mol. The van der Waals surface area contributed by atoms with E-state index in [9.17, 15) is 26.4 Å². The molecule has 156 valence electrons. The van der Waals surface area contributed by atoms with Crippen molar-refractivity contribution in [3.8, 4) is 0 Å². The molecule has 3 aromatic carbocycles. The van der Waals surface area contributed by atoms with E-state index >= 15 is 0 Å². The molecule has 5 nitrogen and oxygen atoms in total. The summed E-state index contributed by atoms with van der Waals surface area (Å²) in [7, 11) is -5.47. The number of nitrogens with zero attached hydrogens (tertiary/aromatic N) is 1. The molecule has 3 aromatic rings. The zero-order valence-electron chi connectivity index (χ0n) is 15.6. The molecule has 9 heteroatoms. The van der Waals surface area contributed by atoms with Crippen LogP contribution >= 0.6 is 0 Å². The first kappa shape index (κ1) is 20.2. The van der Waals surface area contributed by atoms with Crippen molar-refractivity contribution in [2.75, 3.05) is 11.3 Å². The van der Waals surface area contributed by atoms with Crippen molar-refractivity contribution in [1.82, 2.24) is 4.90 Å². The average Bonchev–Trinajstić information content (AvgIpc) is 2.70. The Balaban J connectivity index is 1.53. The second-order valence-electron chi connectivity index (χ2n) is 7.05. The summed E-state index contributed by atoms with van der Waals surface area (Å²) < 4.78 is 61.4. The van der Waals surface area contributed by atoms with Crippen molar-refractivity contribution in [1.29, 1.82) is 0 Å². The van der Waals surface area contributed by atoms with Crippen LogP contribution in [0.2, 0.25) is 0 Å². The number of alkyl halides is 3. The van der Waals surface area contributed by atoms with Gasteiger partial charge in [-0.3, -0.25) is 9.52 Å². The van der Waals surface area contributed by atoms with E-state index in [0.717, 1.165) is 16.3 Å². The third kappa shape index (κ3) is 3.72. The van der Waals surface area contributed by atoms with Gasteiger partial charge in [0, 0.05) is 18.8 Å². The number of fused-ring (bicyclic) bond motifs is 3. The van der Waals surface area contributed by atoms with Crippen LogP contribution in [0.15, 0.2) is 60.7 Å². The molecule has 1 aliphatic rings. The SMILES string of the molecule is O=C1c2c(ccc3ccccc23)CCN1Cc1ccc(NS(=O)(=O)C(F)(F)F)cc1. The van der Waals surface area contributed by atoms with Crippen LogP contribution in [0.5, 0.6) is 0 Å². The van der Waals surface area contributed by atoms with E-state index in [1.54, 1.807) is 4.90 Å². The minimum absolute atomic E-state index is 0.102. The molecule has 0 aromatic heterocycles. The molecule has 30 heavy (non-hydrogen) atoms. The Hall–Kier alpha value is -3.07. The van der Waals surface area contributed by atoms with E-state index in [-0.39, 0.29) is 18.1 Å². The molecule has 1 heterocycles. The summed E-state index contributed by atoms with van der Waals surface area (Å²) in [6.07, 6.45) is 0.704. The van der Waals surface area contributed by atoms with Crippen molar-refractivity contribution in [3.63, 3.8) is 0 Å². The van der Waals surface area contributed by atoms with Crippen LogP contribution < -0.4 is 4.72 Å². The van der Waals surface area contributed by atoms with E-state index in [2.05, 4.69) is 0 Å². The number of hydrogen-bond acceptors (Lipinski definition) is 3. The summed E-state index contributed by atoms with van der Waals surface area (Å²) in [6, 6.07) is 17.1. The minimum Gasteiger partial charge on any atom is -0.334 e. The van der Waals surface area contributed by atoms with Gasteiger partial charge in [0.2, 0.25) is 0 Å². The highest BCUT2D eigenvalue weighted by atomic mass is 32.2. The molecule has 4 rings (SSSR count). The molecular formula is C21H17F3N2O3S. The topological polar surface area (TPSA) is 66.5 Å². The maximum Gasteiger partial charge on any atom is 0.516 e. The van der Waals surface area contributed by atoms with Gasteiger partial charge in [0.15, 0.2) is 0 Å². The van der Waals surface area contributed by atoms with Crippen molar-refractivity contribution < 1.29 is 26.4 Å². The normalized spacial score (nSPS) is 14.6. The lowest BCUT2D eigenvalue weighted by Crippen LogP contribution is -2.37. The van der Waals surface area contributed by atoms with Gasteiger partial charge in [0.25, 0.3) is 5.91 Å². The highest BCUT2D eigenvalue weighted by Crippen LogP contribution is 2.29. The number of hydrogen-bond donors (Lipinski definition) is 1. The maximum absolute atomic E-state index is 13.1. The smallest absolute Gasteiger partial charge is 0.334 e. The summed E-state index contributed by atoms with van der Waals surface area (Å²) >= 11 is 0. The summed E-state index contributed by atoms with van der Waals surface area (Å²) in [6.45, 7) is 0.792. The molecule has 0 fully saturated rings. The number of anilines is 1. The van der Waals surface area contributed by atoms with E-state index in [1.165, 1.54) is 29.0 Å². The number of nitrogens with one attached hydrogen (secondary N) is 1. The zero-order valence-corrected chi connectivity index (χ0v) is 16.4. The van der Waals surface area contributed by atoms with Gasteiger partial charge in [-0.1, -0.05) is 48.5 Å². The lowest BCUT2D eigenvalue weighted by Gasteiger charge is -2.29. The lowest BCUT2D eigenvalue weighted by molar-refractivity contribution is -0.0429. The second kappa shape index (κ2) is 7.32. The van der Waals surface area contributed by atoms with Crippen LogP contribution in [0, 0.1) is 0 Å². The fourth-order valence-corrected chi connectivity index (χ4v) is 4.12. The first-order valence-corrected chi connectivity index (χ1v) is 10.6. The van der Waals surface area contributed by atoms with Crippen LogP contribution in [-0.2, 0) is 23.0 Å². The summed E-state index contributed by atoms with van der Waals surface area (Å²) in [5.74, 6) is -0.102. The Morgan fingerprint density at radius 2 is 1.67 bits per heavy atom. The Kier molecular flexibility index (Phi) is 4.93. The summed E-state index contributed by atoms with van der Waals surface area (Å²) in [5.41, 5.74) is -3.23. The number of carbonyl (C=O) groups excluding carboxylic acids is 1. The Bertz CT molecular complexity index is 1220. The zero-order chi connectivity index (χ0) is 21.5. The van der Waals surface area contributed by atoms with Gasteiger partial charge in [-0.25, -0.2) is 0 Å². The molecule has 0 unspecified atom stereocenters. The van der Waals surface area contributed by atoms with Crippen molar-refractivity contribution in [2.45, 2.75) is 18.5 Å². The second-order valence-corrected chi connectivity index (χ2v) is 8.72. The first-order valence-electron chi connectivity index (χ1n) is 9.14. The van der Waals surface area contributed by atoms with Gasteiger partial charge in [-0.2, -0.15) is 21.6 Å². The molecule has 0 atom stereocenters. The van der Waals surface area contributed by atoms with Crippen molar-refractivity contribution in [3.05, 3.63) is 77.4 Å². The number of carbonyl (C=O) groups is 1. The average molecular weight is 434 g/mol. The summed E-state index contributed by atoms with van der Waals surface area (Å²) in [4.78, 5) is 14.8. The van der Waals surface area contributed by atoms with Crippen LogP contribution in [0.3, 0.4) is 0 Å². The van der Waals surface area contributed by atoms with Crippen LogP contribution in [-0.4, -0.2) is 31.3 Å². The van der Waals surface area contributed by atoms with E-state index in [0.29, 0.717) is 24.1 Å². The molecule has 0 bridgehead atoms. The molecule has 0 spiro atoms. The third-order valence-corrected chi connectivity index (χ3v) is 6.17. The highest BCUT2D eigenvalue weighted by Gasteiger charge is 2.46. The maximum atomic E-state index is 13.1. The van der Waals surface area contributed by atoms with Gasteiger partial charge in [0.05, 0.1) is 5.56 Å². The fraction of sp³-hybridized carbons (Fsp3) is 0.190. The molecule has 0 aliphatic carbocycles. The largest absolute Gasteiger partial charge is 0.516 e. The fourth-order valence-electron chi connectivity index (χ4n) is 3.56. The third-order valence-electron chi connectivity index (χ3n) is 5.05. The Morgan fingerprint density at radius 1 is 0.967 bits per heavy atom.